The Balaban J connectivity index is 2.20. The predicted octanol–water partition coefficient (Wildman–Crippen LogP) is 2.38. The molecule has 0 bridgehead atoms. The molecule has 0 saturated heterocycles. The van der Waals surface area contributed by atoms with E-state index >= 15 is 0 Å². The van der Waals surface area contributed by atoms with E-state index < -0.39 is 17.7 Å². The van der Waals surface area contributed by atoms with Crippen LogP contribution in [0.2, 0.25) is 0 Å². The Morgan fingerprint density at radius 3 is 2.42 bits per heavy atom. The van der Waals surface area contributed by atoms with E-state index in [1.54, 1.807) is 4.68 Å². The standard InChI is InChI=1S/C13H16F2N4/c1-8(2)19-13(17-7-18-19)6-12(16)9-3-10(14)5-11(15)4-9/h3-5,7-8,12H,6,16H2,1-2H3. The molecular weight excluding hydrogens is 250 g/mol. The van der Waals surface area contributed by atoms with Crippen LogP contribution in [0.25, 0.3) is 0 Å². The fraction of sp³-hybridized carbons (Fsp3) is 0.385. The summed E-state index contributed by atoms with van der Waals surface area (Å²) in [5.74, 6) is -0.557. The summed E-state index contributed by atoms with van der Waals surface area (Å²) in [5.41, 5.74) is 6.39. The highest BCUT2D eigenvalue weighted by atomic mass is 19.1. The van der Waals surface area contributed by atoms with E-state index in [0.717, 1.165) is 6.07 Å². The summed E-state index contributed by atoms with van der Waals surface area (Å²) in [7, 11) is 0. The average Bonchev–Trinajstić information content (AvgIpc) is 2.75. The molecule has 2 rings (SSSR count). The van der Waals surface area contributed by atoms with Gasteiger partial charge in [-0.1, -0.05) is 0 Å². The lowest BCUT2D eigenvalue weighted by Crippen LogP contribution is -2.18. The van der Waals surface area contributed by atoms with Gasteiger partial charge in [-0.2, -0.15) is 5.10 Å². The molecule has 2 N–H and O–H groups in total. The maximum atomic E-state index is 13.1. The van der Waals surface area contributed by atoms with E-state index in [2.05, 4.69) is 10.1 Å². The molecule has 1 heterocycles. The monoisotopic (exact) mass is 266 g/mol. The summed E-state index contributed by atoms with van der Waals surface area (Å²) in [6.07, 6.45) is 1.83. The highest BCUT2D eigenvalue weighted by molar-refractivity contribution is 5.22. The quantitative estimate of drug-likeness (QED) is 0.924. The highest BCUT2D eigenvalue weighted by Gasteiger charge is 2.15. The second-order valence-electron chi connectivity index (χ2n) is 4.73. The van der Waals surface area contributed by atoms with Crippen molar-refractivity contribution in [3.63, 3.8) is 0 Å². The van der Waals surface area contributed by atoms with Crippen LogP contribution in [0, 0.1) is 11.6 Å². The summed E-state index contributed by atoms with van der Waals surface area (Å²) >= 11 is 0. The van der Waals surface area contributed by atoms with Gasteiger partial charge in [-0.05, 0) is 31.5 Å². The Hall–Kier alpha value is -1.82. The summed E-state index contributed by atoms with van der Waals surface area (Å²) in [4.78, 5) is 4.13. The van der Waals surface area contributed by atoms with Gasteiger partial charge in [0.15, 0.2) is 0 Å². The van der Waals surface area contributed by atoms with Crippen molar-refractivity contribution in [2.24, 2.45) is 5.73 Å². The molecule has 0 aliphatic rings. The molecule has 4 nitrogen and oxygen atoms in total. The minimum absolute atomic E-state index is 0.161. The molecule has 1 atom stereocenters. The lowest BCUT2D eigenvalue weighted by Gasteiger charge is -2.14. The number of hydrogen-bond acceptors (Lipinski definition) is 3. The summed E-state index contributed by atoms with van der Waals surface area (Å²) in [6.45, 7) is 3.96. The van der Waals surface area contributed by atoms with E-state index in [1.165, 1.54) is 18.5 Å². The molecule has 1 unspecified atom stereocenters. The van der Waals surface area contributed by atoms with Crippen LogP contribution in [0.15, 0.2) is 24.5 Å². The predicted molar refractivity (Wildman–Crippen MR) is 67.4 cm³/mol. The molecule has 0 saturated carbocycles. The van der Waals surface area contributed by atoms with Crippen molar-refractivity contribution in [1.82, 2.24) is 14.8 Å². The maximum Gasteiger partial charge on any atom is 0.138 e. The SMILES string of the molecule is CC(C)n1ncnc1CC(N)c1cc(F)cc(F)c1. The molecule has 2 aromatic rings. The molecule has 0 amide bonds. The van der Waals surface area contributed by atoms with Gasteiger partial charge in [-0.3, -0.25) is 0 Å². The maximum absolute atomic E-state index is 13.1. The number of nitrogens with zero attached hydrogens (tertiary/aromatic N) is 3. The van der Waals surface area contributed by atoms with Gasteiger partial charge in [0.05, 0.1) is 0 Å². The number of nitrogens with two attached hydrogens (primary N) is 1. The molecule has 0 aliphatic carbocycles. The van der Waals surface area contributed by atoms with E-state index in [4.69, 9.17) is 5.73 Å². The Morgan fingerprint density at radius 2 is 1.84 bits per heavy atom. The van der Waals surface area contributed by atoms with Gasteiger partial charge in [0.1, 0.15) is 23.8 Å². The molecular formula is C13H16F2N4. The zero-order valence-electron chi connectivity index (χ0n) is 10.8. The van der Waals surface area contributed by atoms with Crippen LogP contribution in [0.4, 0.5) is 8.78 Å². The lowest BCUT2D eigenvalue weighted by molar-refractivity contribution is 0.491. The summed E-state index contributed by atoms with van der Waals surface area (Å²) < 4.78 is 28.0. The average molecular weight is 266 g/mol. The Morgan fingerprint density at radius 1 is 1.21 bits per heavy atom. The number of aromatic nitrogens is 3. The molecule has 1 aromatic carbocycles. The number of halogens is 2. The zero-order valence-corrected chi connectivity index (χ0v) is 10.8. The van der Waals surface area contributed by atoms with Gasteiger partial charge in [0, 0.05) is 24.6 Å². The number of benzene rings is 1. The zero-order chi connectivity index (χ0) is 14.0. The van der Waals surface area contributed by atoms with Crippen LogP contribution >= 0.6 is 0 Å². The lowest BCUT2D eigenvalue weighted by atomic mass is 10.0. The van der Waals surface area contributed by atoms with Crippen molar-refractivity contribution in [2.45, 2.75) is 32.4 Å². The number of hydrogen-bond donors (Lipinski definition) is 1. The van der Waals surface area contributed by atoms with Gasteiger partial charge >= 0.3 is 0 Å². The summed E-state index contributed by atoms with van der Waals surface area (Å²) in [5, 5.41) is 4.10. The topological polar surface area (TPSA) is 56.7 Å². The first-order chi connectivity index (χ1) is 8.97. The van der Waals surface area contributed by atoms with Crippen LogP contribution in [0.5, 0.6) is 0 Å². The van der Waals surface area contributed by atoms with Crippen molar-refractivity contribution in [3.05, 3.63) is 47.5 Å². The molecule has 6 heteroatoms. The third kappa shape index (κ3) is 3.14. The van der Waals surface area contributed by atoms with Gasteiger partial charge in [-0.25, -0.2) is 18.4 Å². The van der Waals surface area contributed by atoms with Gasteiger partial charge in [0.2, 0.25) is 0 Å². The fourth-order valence-corrected chi connectivity index (χ4v) is 1.96. The van der Waals surface area contributed by atoms with Crippen LogP contribution in [-0.4, -0.2) is 14.8 Å². The smallest absolute Gasteiger partial charge is 0.138 e. The van der Waals surface area contributed by atoms with Crippen molar-refractivity contribution in [1.29, 1.82) is 0 Å². The molecule has 1 aromatic heterocycles. The fourth-order valence-electron chi connectivity index (χ4n) is 1.96. The van der Waals surface area contributed by atoms with E-state index in [0.29, 0.717) is 17.8 Å². The van der Waals surface area contributed by atoms with Gasteiger partial charge in [-0.15, -0.1) is 0 Å². The van der Waals surface area contributed by atoms with Crippen molar-refractivity contribution < 1.29 is 8.78 Å². The van der Waals surface area contributed by atoms with Crippen LogP contribution < -0.4 is 5.73 Å². The second-order valence-corrected chi connectivity index (χ2v) is 4.73. The van der Waals surface area contributed by atoms with Crippen LogP contribution in [-0.2, 0) is 6.42 Å². The summed E-state index contributed by atoms with van der Waals surface area (Å²) in [6, 6.07) is 2.95. The Labute approximate surface area is 110 Å². The minimum Gasteiger partial charge on any atom is -0.324 e. The molecule has 0 aliphatic heterocycles. The van der Waals surface area contributed by atoms with Crippen molar-refractivity contribution in [2.75, 3.05) is 0 Å². The van der Waals surface area contributed by atoms with Crippen molar-refractivity contribution >= 4 is 0 Å². The molecule has 102 valence electrons. The highest BCUT2D eigenvalue weighted by Crippen LogP contribution is 2.18. The largest absolute Gasteiger partial charge is 0.324 e. The van der Waals surface area contributed by atoms with E-state index in [9.17, 15) is 8.78 Å². The van der Waals surface area contributed by atoms with Crippen LogP contribution in [0.1, 0.15) is 37.3 Å². The second kappa shape index (κ2) is 5.44. The minimum atomic E-state index is -0.629. The molecule has 0 radical (unpaired) electrons. The first kappa shape index (κ1) is 13.6. The number of rotatable bonds is 4. The van der Waals surface area contributed by atoms with E-state index in [-0.39, 0.29) is 6.04 Å². The third-order valence-electron chi connectivity index (χ3n) is 2.85. The first-order valence-electron chi connectivity index (χ1n) is 6.07. The van der Waals surface area contributed by atoms with Gasteiger partial charge in [0.25, 0.3) is 0 Å². The van der Waals surface area contributed by atoms with Gasteiger partial charge < -0.3 is 5.73 Å². The molecule has 0 spiro atoms. The Bertz CT molecular complexity index is 545. The molecule has 19 heavy (non-hydrogen) atoms. The normalized spacial score (nSPS) is 12.9. The third-order valence-corrected chi connectivity index (χ3v) is 2.85. The Kier molecular flexibility index (Phi) is 3.90. The first-order valence-corrected chi connectivity index (χ1v) is 6.07. The van der Waals surface area contributed by atoms with Crippen LogP contribution in [0.3, 0.4) is 0 Å². The van der Waals surface area contributed by atoms with E-state index in [1.807, 2.05) is 13.8 Å². The molecule has 0 fully saturated rings. The van der Waals surface area contributed by atoms with Crippen molar-refractivity contribution in [3.8, 4) is 0 Å².